The van der Waals surface area contributed by atoms with E-state index in [1.165, 1.54) is 0 Å². The SMILES string of the molecule is COc1ccc(C)cc1N1CC(C(=O)Nc2c(C)cccc2C)CC1=O. The number of nitrogens with zero attached hydrogens (tertiary/aromatic N) is 1. The minimum atomic E-state index is -0.383. The van der Waals surface area contributed by atoms with Crippen molar-refractivity contribution in [1.29, 1.82) is 0 Å². The molecule has 1 atom stereocenters. The number of anilines is 2. The molecule has 2 aromatic carbocycles. The quantitative estimate of drug-likeness (QED) is 0.914. The Morgan fingerprint density at radius 1 is 1.15 bits per heavy atom. The van der Waals surface area contributed by atoms with Gasteiger partial charge in [-0.3, -0.25) is 9.59 Å². The van der Waals surface area contributed by atoms with E-state index in [-0.39, 0.29) is 24.2 Å². The Morgan fingerprint density at radius 3 is 2.50 bits per heavy atom. The number of carbonyl (C=O) groups is 2. The first-order valence-corrected chi connectivity index (χ1v) is 8.72. The van der Waals surface area contributed by atoms with Gasteiger partial charge in [-0.25, -0.2) is 0 Å². The first-order valence-electron chi connectivity index (χ1n) is 8.72. The highest BCUT2D eigenvalue weighted by atomic mass is 16.5. The molecule has 0 radical (unpaired) electrons. The lowest BCUT2D eigenvalue weighted by atomic mass is 10.1. The van der Waals surface area contributed by atoms with E-state index in [9.17, 15) is 9.59 Å². The van der Waals surface area contributed by atoms with Gasteiger partial charge < -0.3 is 15.0 Å². The Kier molecular flexibility index (Phi) is 4.98. The summed E-state index contributed by atoms with van der Waals surface area (Å²) in [6.07, 6.45) is 0.202. The fourth-order valence-electron chi connectivity index (χ4n) is 3.36. The van der Waals surface area contributed by atoms with E-state index in [4.69, 9.17) is 4.74 Å². The molecule has 0 aromatic heterocycles. The summed E-state index contributed by atoms with van der Waals surface area (Å²) in [6, 6.07) is 11.6. The minimum Gasteiger partial charge on any atom is -0.495 e. The van der Waals surface area contributed by atoms with Gasteiger partial charge in [-0.1, -0.05) is 24.3 Å². The summed E-state index contributed by atoms with van der Waals surface area (Å²) < 4.78 is 5.39. The molecule has 1 N–H and O–H groups in total. The summed E-state index contributed by atoms with van der Waals surface area (Å²) in [7, 11) is 1.58. The molecule has 0 bridgehead atoms. The Balaban J connectivity index is 1.80. The van der Waals surface area contributed by atoms with Crippen LogP contribution in [0, 0.1) is 26.7 Å². The van der Waals surface area contributed by atoms with E-state index < -0.39 is 0 Å². The number of amides is 2. The number of ether oxygens (including phenoxy) is 1. The van der Waals surface area contributed by atoms with Gasteiger partial charge in [0.1, 0.15) is 5.75 Å². The van der Waals surface area contributed by atoms with Crippen molar-refractivity contribution in [2.45, 2.75) is 27.2 Å². The van der Waals surface area contributed by atoms with Crippen LogP contribution in [0.4, 0.5) is 11.4 Å². The first-order chi connectivity index (χ1) is 12.4. The highest BCUT2D eigenvalue weighted by Gasteiger charge is 2.36. The molecule has 3 rings (SSSR count). The molecule has 1 saturated heterocycles. The maximum Gasteiger partial charge on any atom is 0.229 e. The van der Waals surface area contributed by atoms with Crippen LogP contribution in [0.15, 0.2) is 36.4 Å². The minimum absolute atomic E-state index is 0.0597. The van der Waals surface area contributed by atoms with E-state index in [1.807, 2.05) is 57.2 Å². The molecule has 1 aliphatic heterocycles. The van der Waals surface area contributed by atoms with Crippen LogP contribution >= 0.6 is 0 Å². The molecule has 1 aliphatic rings. The van der Waals surface area contributed by atoms with Gasteiger partial charge in [0.25, 0.3) is 0 Å². The molecule has 1 heterocycles. The zero-order valence-electron chi connectivity index (χ0n) is 15.6. The van der Waals surface area contributed by atoms with Crippen LogP contribution in [-0.4, -0.2) is 25.5 Å². The molecule has 1 fully saturated rings. The predicted octanol–water partition coefficient (Wildman–Crippen LogP) is 3.61. The van der Waals surface area contributed by atoms with Crippen LogP contribution in [0.2, 0.25) is 0 Å². The third-order valence-corrected chi connectivity index (χ3v) is 4.85. The van der Waals surface area contributed by atoms with Gasteiger partial charge in [-0.15, -0.1) is 0 Å². The summed E-state index contributed by atoms with van der Waals surface area (Å²) in [5, 5.41) is 3.00. The molecule has 2 aromatic rings. The van der Waals surface area contributed by atoms with Crippen molar-refractivity contribution < 1.29 is 14.3 Å². The lowest BCUT2D eigenvalue weighted by Gasteiger charge is -2.20. The number of aryl methyl sites for hydroxylation is 3. The highest BCUT2D eigenvalue weighted by Crippen LogP contribution is 2.34. The number of hydrogen-bond donors (Lipinski definition) is 1. The standard InChI is InChI=1S/C21H24N2O3/c1-13-8-9-18(26-4)17(10-13)23-12-16(11-19(23)24)21(25)22-20-14(2)6-5-7-15(20)3/h5-10,16H,11-12H2,1-4H3,(H,22,25). The number of rotatable bonds is 4. The highest BCUT2D eigenvalue weighted by molar-refractivity contribution is 6.04. The first kappa shape index (κ1) is 18.0. The molecular weight excluding hydrogens is 328 g/mol. The summed E-state index contributed by atoms with van der Waals surface area (Å²) in [5.74, 6) is 0.0758. The molecule has 26 heavy (non-hydrogen) atoms. The molecule has 136 valence electrons. The van der Waals surface area contributed by atoms with Crippen molar-refractivity contribution in [3.05, 3.63) is 53.1 Å². The van der Waals surface area contributed by atoms with Gasteiger partial charge in [0.2, 0.25) is 11.8 Å². The summed E-state index contributed by atoms with van der Waals surface area (Å²) in [5.41, 5.74) is 4.62. The van der Waals surface area contributed by atoms with Crippen molar-refractivity contribution in [2.24, 2.45) is 5.92 Å². The number of para-hydroxylation sites is 1. The molecule has 5 nitrogen and oxygen atoms in total. The van der Waals surface area contributed by atoms with Crippen molar-refractivity contribution in [1.82, 2.24) is 0 Å². The fraction of sp³-hybridized carbons (Fsp3) is 0.333. The van der Waals surface area contributed by atoms with Gasteiger partial charge in [0.05, 0.1) is 18.7 Å². The molecule has 0 saturated carbocycles. The lowest BCUT2D eigenvalue weighted by molar-refractivity contribution is -0.122. The molecule has 0 aliphatic carbocycles. The van der Waals surface area contributed by atoms with Gasteiger partial charge >= 0.3 is 0 Å². The second-order valence-corrected chi connectivity index (χ2v) is 6.84. The van der Waals surface area contributed by atoms with Crippen molar-refractivity contribution >= 4 is 23.2 Å². The summed E-state index contributed by atoms with van der Waals surface area (Å²) in [6.45, 7) is 6.25. The zero-order valence-corrected chi connectivity index (χ0v) is 15.6. The third kappa shape index (κ3) is 3.43. The van der Waals surface area contributed by atoms with E-state index in [0.717, 1.165) is 28.1 Å². The number of carbonyl (C=O) groups excluding carboxylic acids is 2. The number of benzene rings is 2. The monoisotopic (exact) mass is 352 g/mol. The topological polar surface area (TPSA) is 58.6 Å². The predicted molar refractivity (Wildman–Crippen MR) is 103 cm³/mol. The lowest BCUT2D eigenvalue weighted by Crippen LogP contribution is -2.28. The number of nitrogens with one attached hydrogen (secondary N) is 1. The van der Waals surface area contributed by atoms with E-state index in [2.05, 4.69) is 5.32 Å². The maximum atomic E-state index is 12.7. The Morgan fingerprint density at radius 2 is 1.85 bits per heavy atom. The van der Waals surface area contributed by atoms with Crippen LogP contribution in [0.5, 0.6) is 5.75 Å². The van der Waals surface area contributed by atoms with E-state index in [1.54, 1.807) is 12.0 Å². The maximum absolute atomic E-state index is 12.7. The zero-order chi connectivity index (χ0) is 18.8. The fourth-order valence-corrected chi connectivity index (χ4v) is 3.36. The normalized spacial score (nSPS) is 16.7. The average molecular weight is 352 g/mol. The number of methoxy groups -OCH3 is 1. The van der Waals surface area contributed by atoms with Crippen LogP contribution in [0.3, 0.4) is 0 Å². The van der Waals surface area contributed by atoms with E-state index in [0.29, 0.717) is 12.3 Å². The van der Waals surface area contributed by atoms with Crippen LogP contribution < -0.4 is 15.0 Å². The largest absolute Gasteiger partial charge is 0.495 e. The summed E-state index contributed by atoms with van der Waals surface area (Å²) >= 11 is 0. The molecular formula is C21H24N2O3. The smallest absolute Gasteiger partial charge is 0.229 e. The van der Waals surface area contributed by atoms with Gasteiger partial charge in [0, 0.05) is 18.7 Å². The second kappa shape index (κ2) is 7.20. The van der Waals surface area contributed by atoms with E-state index >= 15 is 0 Å². The van der Waals surface area contributed by atoms with Crippen LogP contribution in [0.25, 0.3) is 0 Å². The second-order valence-electron chi connectivity index (χ2n) is 6.84. The van der Waals surface area contributed by atoms with Crippen LogP contribution in [0.1, 0.15) is 23.1 Å². The van der Waals surface area contributed by atoms with Crippen LogP contribution in [-0.2, 0) is 9.59 Å². The average Bonchev–Trinajstić information content (AvgIpc) is 3.00. The van der Waals surface area contributed by atoms with Crippen molar-refractivity contribution in [3.8, 4) is 5.75 Å². The molecule has 1 unspecified atom stereocenters. The van der Waals surface area contributed by atoms with Crippen molar-refractivity contribution in [3.63, 3.8) is 0 Å². The Bertz CT molecular complexity index is 840. The third-order valence-electron chi connectivity index (χ3n) is 4.85. The summed E-state index contributed by atoms with van der Waals surface area (Å²) in [4.78, 5) is 26.9. The molecule has 5 heteroatoms. The molecule has 0 spiro atoms. The van der Waals surface area contributed by atoms with Gasteiger partial charge in [0.15, 0.2) is 0 Å². The molecule has 2 amide bonds. The van der Waals surface area contributed by atoms with Gasteiger partial charge in [-0.2, -0.15) is 0 Å². The Hall–Kier alpha value is -2.82. The number of hydrogen-bond acceptors (Lipinski definition) is 3. The van der Waals surface area contributed by atoms with Gasteiger partial charge in [-0.05, 0) is 49.6 Å². The Labute approximate surface area is 154 Å². The van der Waals surface area contributed by atoms with Crippen molar-refractivity contribution in [2.75, 3.05) is 23.9 Å².